The van der Waals surface area contributed by atoms with Crippen molar-refractivity contribution in [1.82, 2.24) is 34.5 Å². The van der Waals surface area contributed by atoms with Gasteiger partial charge in [-0.25, -0.2) is 4.98 Å². The van der Waals surface area contributed by atoms with Crippen LogP contribution in [0.15, 0.2) is 54.3 Å². The minimum Gasteiger partial charge on any atom is -0.494 e. The van der Waals surface area contributed by atoms with Gasteiger partial charge in [-0.3, -0.25) is 19.6 Å². The highest BCUT2D eigenvalue weighted by Crippen LogP contribution is 2.38. The quantitative estimate of drug-likeness (QED) is 0.147. The summed E-state index contributed by atoms with van der Waals surface area (Å²) >= 11 is 1.53. The standard InChI is InChI=1S/C36H48N10OS/c1-7-25-21-30(32(47-6)22-31(25)46-15-11-27(12-16-46)45-19-17-44(5)18-20-45)41-36-39-23-26(8-2)35(42-36)40-29-10-9-28-33(38-14-13-37-28)34(29)48-43-24(3)4/h8-10,13-14,21-24,27,43H,2,7,11-12,15-20H2,1,3-6H3,(H2,39,40,41,42). The lowest BCUT2D eigenvalue weighted by Gasteiger charge is -2.43. The second-order valence-electron chi connectivity index (χ2n) is 12.8. The molecule has 48 heavy (non-hydrogen) atoms. The Hall–Kier alpha value is -3.97. The average molecular weight is 669 g/mol. The minimum absolute atomic E-state index is 0.275. The van der Waals surface area contributed by atoms with E-state index in [2.05, 4.69) is 91.5 Å². The van der Waals surface area contributed by atoms with Crippen LogP contribution in [0, 0.1) is 0 Å². The van der Waals surface area contributed by atoms with Crippen molar-refractivity contribution in [2.24, 2.45) is 0 Å². The first-order valence-corrected chi connectivity index (χ1v) is 17.8. The molecule has 2 fully saturated rings. The van der Waals surface area contributed by atoms with Crippen molar-refractivity contribution >= 4 is 57.9 Å². The molecule has 3 N–H and O–H groups in total. The Kier molecular flexibility index (Phi) is 11.0. The number of ether oxygens (including phenoxy) is 1. The monoisotopic (exact) mass is 668 g/mol. The van der Waals surface area contributed by atoms with Gasteiger partial charge in [-0.1, -0.05) is 19.6 Å². The molecule has 2 saturated heterocycles. The van der Waals surface area contributed by atoms with Crippen molar-refractivity contribution < 1.29 is 4.74 Å². The lowest BCUT2D eigenvalue weighted by Crippen LogP contribution is -2.52. The summed E-state index contributed by atoms with van der Waals surface area (Å²) in [6.07, 6.45) is 10.2. The van der Waals surface area contributed by atoms with Gasteiger partial charge in [0, 0.05) is 87.3 Å². The number of nitrogens with zero attached hydrogens (tertiary/aromatic N) is 7. The van der Waals surface area contributed by atoms with Gasteiger partial charge >= 0.3 is 0 Å². The van der Waals surface area contributed by atoms with Gasteiger partial charge in [-0.15, -0.1) is 0 Å². The zero-order valence-electron chi connectivity index (χ0n) is 28.8. The van der Waals surface area contributed by atoms with Crippen molar-refractivity contribution in [3.63, 3.8) is 0 Å². The summed E-state index contributed by atoms with van der Waals surface area (Å²) in [5, 5.41) is 6.99. The first kappa shape index (κ1) is 33.9. The third kappa shape index (κ3) is 7.67. The molecule has 2 aromatic heterocycles. The molecule has 0 amide bonds. The van der Waals surface area contributed by atoms with Crippen molar-refractivity contribution in [2.45, 2.75) is 57.0 Å². The molecule has 0 aliphatic carbocycles. The Morgan fingerprint density at radius 2 is 1.77 bits per heavy atom. The van der Waals surface area contributed by atoms with Crippen LogP contribution < -0.4 is 25.0 Å². The Morgan fingerprint density at radius 1 is 1.00 bits per heavy atom. The molecule has 4 heterocycles. The van der Waals surface area contributed by atoms with E-state index in [1.54, 1.807) is 31.8 Å². The minimum atomic E-state index is 0.275. The van der Waals surface area contributed by atoms with E-state index in [1.807, 2.05) is 12.1 Å². The number of nitrogens with one attached hydrogen (secondary N) is 3. The summed E-state index contributed by atoms with van der Waals surface area (Å²) in [5.41, 5.74) is 6.64. The smallest absolute Gasteiger partial charge is 0.229 e. The van der Waals surface area contributed by atoms with Crippen molar-refractivity contribution in [3.05, 3.63) is 60.6 Å². The maximum Gasteiger partial charge on any atom is 0.229 e. The van der Waals surface area contributed by atoms with E-state index in [0.29, 0.717) is 17.8 Å². The van der Waals surface area contributed by atoms with E-state index in [0.717, 1.165) is 71.2 Å². The van der Waals surface area contributed by atoms with Crippen molar-refractivity contribution in [2.75, 3.05) is 69.0 Å². The summed E-state index contributed by atoms with van der Waals surface area (Å²) < 4.78 is 9.38. The highest BCUT2D eigenvalue weighted by Gasteiger charge is 2.28. The lowest BCUT2D eigenvalue weighted by molar-refractivity contribution is 0.0982. The number of likely N-dealkylation sites (N-methyl/N-ethyl adjacent to an activating group) is 1. The molecule has 2 aromatic carbocycles. The number of methoxy groups -OCH3 is 1. The first-order valence-electron chi connectivity index (χ1n) is 16.9. The second kappa shape index (κ2) is 15.5. The molecular formula is C36H48N10OS. The predicted molar refractivity (Wildman–Crippen MR) is 199 cm³/mol. The maximum absolute atomic E-state index is 5.94. The molecule has 4 aromatic rings. The van der Waals surface area contributed by atoms with Gasteiger partial charge in [0.25, 0.3) is 0 Å². The molecule has 6 rings (SSSR count). The van der Waals surface area contributed by atoms with Gasteiger partial charge < -0.3 is 25.2 Å². The number of aromatic nitrogens is 4. The van der Waals surface area contributed by atoms with Crippen LogP contribution in [0.2, 0.25) is 0 Å². The zero-order valence-corrected chi connectivity index (χ0v) is 29.6. The fraction of sp³-hybridized carbons (Fsp3) is 0.444. The molecule has 0 radical (unpaired) electrons. The van der Waals surface area contributed by atoms with Gasteiger partial charge in [0.15, 0.2) is 0 Å². The highest BCUT2D eigenvalue weighted by atomic mass is 32.2. The van der Waals surface area contributed by atoms with Crippen LogP contribution in [0.3, 0.4) is 0 Å². The Balaban J connectivity index is 1.23. The van der Waals surface area contributed by atoms with E-state index in [4.69, 9.17) is 9.72 Å². The van der Waals surface area contributed by atoms with Crippen LogP contribution in [-0.4, -0.2) is 95.2 Å². The van der Waals surface area contributed by atoms with E-state index >= 15 is 0 Å². The summed E-state index contributed by atoms with van der Waals surface area (Å²) in [6, 6.07) is 9.28. The van der Waals surface area contributed by atoms with E-state index in [1.165, 1.54) is 49.1 Å². The van der Waals surface area contributed by atoms with E-state index < -0.39 is 0 Å². The third-order valence-electron chi connectivity index (χ3n) is 9.17. The molecule has 11 nitrogen and oxygen atoms in total. The topological polar surface area (TPSA) is 107 Å². The van der Waals surface area contributed by atoms with Gasteiger partial charge in [0.2, 0.25) is 5.95 Å². The lowest BCUT2D eigenvalue weighted by atomic mass is 9.99. The fourth-order valence-corrected chi connectivity index (χ4v) is 7.29. The summed E-state index contributed by atoms with van der Waals surface area (Å²) in [4.78, 5) is 27.3. The van der Waals surface area contributed by atoms with Crippen LogP contribution in [0.1, 0.15) is 44.7 Å². The van der Waals surface area contributed by atoms with Crippen molar-refractivity contribution in [3.8, 4) is 5.75 Å². The Labute approximate surface area is 288 Å². The molecule has 0 unspecified atom stereocenters. The first-order chi connectivity index (χ1) is 23.4. The largest absolute Gasteiger partial charge is 0.494 e. The number of rotatable bonds is 12. The number of piperidine rings is 1. The normalized spacial score (nSPS) is 16.4. The molecule has 0 atom stereocenters. The third-order valence-corrected chi connectivity index (χ3v) is 10.4. The average Bonchev–Trinajstić information content (AvgIpc) is 3.11. The van der Waals surface area contributed by atoms with Crippen LogP contribution >= 0.6 is 11.9 Å². The van der Waals surface area contributed by atoms with Gasteiger partial charge in [0.1, 0.15) is 17.1 Å². The zero-order chi connectivity index (χ0) is 33.6. The highest BCUT2D eigenvalue weighted by molar-refractivity contribution is 7.97. The number of piperazine rings is 1. The predicted octanol–water partition coefficient (Wildman–Crippen LogP) is 6.34. The van der Waals surface area contributed by atoms with Crippen LogP contribution in [0.25, 0.3) is 17.1 Å². The number of benzene rings is 2. The number of hydrogen-bond acceptors (Lipinski definition) is 12. The molecule has 12 heteroatoms. The second-order valence-corrected chi connectivity index (χ2v) is 13.6. The van der Waals surface area contributed by atoms with Gasteiger partial charge in [0.05, 0.1) is 28.9 Å². The SMILES string of the molecule is C=Cc1cnc(Nc2cc(CC)c(N3CCC(N4CCN(C)CC4)CC3)cc2OC)nc1Nc1ccc2nccnc2c1SNC(C)C. The molecule has 0 bridgehead atoms. The number of aryl methyl sites for hydroxylation is 1. The van der Waals surface area contributed by atoms with E-state index in [-0.39, 0.29) is 6.04 Å². The van der Waals surface area contributed by atoms with Crippen LogP contribution in [-0.2, 0) is 6.42 Å². The summed E-state index contributed by atoms with van der Waals surface area (Å²) in [6.45, 7) is 17.2. The molecular weight excluding hydrogens is 621 g/mol. The molecule has 254 valence electrons. The Morgan fingerprint density at radius 3 is 2.48 bits per heavy atom. The molecule has 2 aliphatic rings. The number of anilines is 5. The Bertz CT molecular complexity index is 1720. The number of hydrogen-bond donors (Lipinski definition) is 3. The molecule has 0 saturated carbocycles. The van der Waals surface area contributed by atoms with Crippen LogP contribution in [0.5, 0.6) is 5.75 Å². The summed E-state index contributed by atoms with van der Waals surface area (Å²) in [5.74, 6) is 1.85. The molecule has 2 aliphatic heterocycles. The molecule has 0 spiro atoms. The fourth-order valence-electron chi connectivity index (χ4n) is 6.46. The van der Waals surface area contributed by atoms with E-state index in [9.17, 15) is 0 Å². The maximum atomic E-state index is 5.94. The van der Waals surface area contributed by atoms with Gasteiger partial charge in [-0.05, 0) is 75.9 Å². The van der Waals surface area contributed by atoms with Crippen LogP contribution in [0.4, 0.5) is 28.8 Å². The van der Waals surface area contributed by atoms with Crippen molar-refractivity contribution in [1.29, 1.82) is 0 Å². The number of fused-ring (bicyclic) bond motifs is 1. The summed E-state index contributed by atoms with van der Waals surface area (Å²) in [7, 11) is 3.94. The van der Waals surface area contributed by atoms with Gasteiger partial charge in [-0.2, -0.15) is 4.98 Å².